The molecule has 0 aliphatic rings. The highest BCUT2D eigenvalue weighted by atomic mass is 16.6. The van der Waals surface area contributed by atoms with Gasteiger partial charge in [0.1, 0.15) is 0 Å². The maximum absolute atomic E-state index is 10.9. The Labute approximate surface area is 115 Å². The molecule has 0 spiro atoms. The van der Waals surface area contributed by atoms with Crippen molar-refractivity contribution < 1.29 is 11.8 Å². The maximum atomic E-state index is 10.9. The number of nitrogens with zero attached hydrogens (tertiary/aromatic N) is 4. The number of benzene rings is 1. The number of imidazole rings is 1. The van der Waals surface area contributed by atoms with Crippen molar-refractivity contribution in [3.8, 4) is 11.1 Å². The molecule has 0 saturated carbocycles. The van der Waals surface area contributed by atoms with E-state index in [1.54, 1.807) is 0 Å². The second-order valence-corrected chi connectivity index (χ2v) is 3.79. The molecule has 0 radical (unpaired) electrons. The molecule has 1 aromatic carbocycles. The lowest BCUT2D eigenvalue weighted by atomic mass is 10.1. The largest absolute Gasteiger partial charge is 0.437 e. The van der Waals surface area contributed by atoms with Crippen LogP contribution in [0.5, 0.6) is 0 Å². The Morgan fingerprint density at radius 1 is 1.32 bits per heavy atom. The van der Waals surface area contributed by atoms with Crippen LogP contribution < -0.4 is 0 Å². The van der Waals surface area contributed by atoms with Gasteiger partial charge in [0, 0.05) is 11.8 Å². The molecular weight excluding hydrogens is 244 g/mol. The first-order chi connectivity index (χ1) is 11.2. The van der Waals surface area contributed by atoms with Crippen molar-refractivity contribution in [2.24, 2.45) is 7.05 Å². The van der Waals surface area contributed by atoms with Gasteiger partial charge in [-0.25, -0.2) is 9.55 Å². The van der Waals surface area contributed by atoms with Gasteiger partial charge in [-0.2, -0.15) is 0 Å². The summed E-state index contributed by atoms with van der Waals surface area (Å²) in [6.07, 6.45) is 1.28. The van der Waals surface area contributed by atoms with Gasteiger partial charge in [0.15, 0.2) is 5.52 Å². The average Bonchev–Trinajstić information content (AvgIpc) is 2.88. The number of fused-ring (bicyclic) bond motifs is 1. The third-order valence-corrected chi connectivity index (χ3v) is 2.67. The summed E-state index contributed by atoms with van der Waals surface area (Å²) in [6.45, 7) is 0. The Balaban J connectivity index is 2.32. The minimum atomic E-state index is -0.647. The normalized spacial score (nSPS) is 14.5. The Hall–Kier alpha value is -2.76. The molecular formula is C13H10N4O2. The summed E-state index contributed by atoms with van der Waals surface area (Å²) in [6, 6.07) is -0.656. The Bertz CT molecular complexity index is 988. The van der Waals surface area contributed by atoms with Crippen LogP contribution in [0.15, 0.2) is 42.5 Å². The van der Waals surface area contributed by atoms with Gasteiger partial charge >= 0.3 is 5.95 Å². The number of rotatable bonds is 2. The molecule has 0 N–H and O–H groups in total. The van der Waals surface area contributed by atoms with Crippen molar-refractivity contribution in [1.29, 1.82) is 0 Å². The summed E-state index contributed by atoms with van der Waals surface area (Å²) in [5.41, 5.74) is 0.711. The highest BCUT2D eigenvalue weighted by molar-refractivity contribution is 5.79. The summed E-state index contributed by atoms with van der Waals surface area (Å²) < 4.78 is 40.2. The number of aromatic nitrogens is 3. The van der Waals surface area contributed by atoms with E-state index < -0.39 is 29.0 Å². The number of pyridine rings is 1. The van der Waals surface area contributed by atoms with Gasteiger partial charge in [-0.15, -0.1) is 0 Å². The van der Waals surface area contributed by atoms with Crippen molar-refractivity contribution in [2.75, 3.05) is 0 Å². The van der Waals surface area contributed by atoms with Gasteiger partial charge in [0.25, 0.3) is 5.65 Å². The molecule has 0 fully saturated rings. The van der Waals surface area contributed by atoms with Crippen molar-refractivity contribution in [3.63, 3.8) is 0 Å². The third-order valence-electron chi connectivity index (χ3n) is 2.67. The Morgan fingerprint density at radius 3 is 2.74 bits per heavy atom. The van der Waals surface area contributed by atoms with Crippen LogP contribution in [0.4, 0.5) is 5.95 Å². The van der Waals surface area contributed by atoms with Gasteiger partial charge in [0.2, 0.25) is 0 Å². The van der Waals surface area contributed by atoms with Crippen LogP contribution in [-0.4, -0.2) is 19.5 Å². The topological polar surface area (TPSA) is 73.8 Å². The number of nitro groups is 1. The van der Waals surface area contributed by atoms with Gasteiger partial charge in [-0.05, 0) is 21.5 Å². The predicted molar refractivity (Wildman–Crippen MR) is 70.6 cm³/mol. The van der Waals surface area contributed by atoms with Crippen molar-refractivity contribution >= 4 is 17.1 Å². The predicted octanol–water partition coefficient (Wildman–Crippen LogP) is 2.54. The van der Waals surface area contributed by atoms with E-state index in [0.29, 0.717) is 5.52 Å². The molecule has 2 aromatic heterocycles. The standard InChI is InChI=1S/C13H10N4O2/c1-16-11-7-10(9-5-3-2-4-6-9)8-14-12(11)15-13(16)17(18)19/h2-8H,1H3/i2D,3D,4D,5D,6D. The molecule has 19 heavy (non-hydrogen) atoms. The Kier molecular flexibility index (Phi) is 1.53. The Morgan fingerprint density at radius 2 is 2.05 bits per heavy atom. The summed E-state index contributed by atoms with van der Waals surface area (Å²) in [4.78, 5) is 18.1. The van der Waals surface area contributed by atoms with Crippen molar-refractivity contribution in [1.82, 2.24) is 14.5 Å². The fraction of sp³-hybridized carbons (Fsp3) is 0.0769. The summed E-state index contributed by atoms with van der Waals surface area (Å²) in [5, 5.41) is 10.9. The summed E-state index contributed by atoms with van der Waals surface area (Å²) in [5.74, 6) is -0.393. The zero-order valence-electron chi connectivity index (χ0n) is 14.8. The van der Waals surface area contributed by atoms with E-state index >= 15 is 0 Å². The van der Waals surface area contributed by atoms with Gasteiger partial charge < -0.3 is 10.1 Å². The van der Waals surface area contributed by atoms with E-state index in [1.807, 2.05) is 0 Å². The van der Waals surface area contributed by atoms with Gasteiger partial charge in [-0.1, -0.05) is 30.2 Å². The summed E-state index contributed by atoms with van der Waals surface area (Å²) >= 11 is 0. The minimum absolute atomic E-state index is 0.0146. The van der Waals surface area contributed by atoms with E-state index in [1.165, 1.54) is 23.9 Å². The van der Waals surface area contributed by atoms with Crippen LogP contribution in [-0.2, 0) is 7.05 Å². The molecule has 0 bridgehead atoms. The molecule has 3 rings (SSSR count). The molecule has 94 valence electrons. The molecule has 0 amide bonds. The van der Waals surface area contributed by atoms with E-state index in [9.17, 15) is 10.1 Å². The average molecular weight is 259 g/mol. The molecule has 0 saturated heterocycles. The zero-order valence-corrected chi connectivity index (χ0v) is 9.76. The quantitative estimate of drug-likeness (QED) is 0.523. The van der Waals surface area contributed by atoms with Gasteiger partial charge in [-0.3, -0.25) is 0 Å². The molecule has 0 aliphatic heterocycles. The monoisotopic (exact) mass is 259 g/mol. The molecule has 0 aliphatic carbocycles. The minimum Gasteiger partial charge on any atom is -0.390 e. The molecule has 2 heterocycles. The highest BCUT2D eigenvalue weighted by Crippen LogP contribution is 2.24. The van der Waals surface area contributed by atoms with E-state index in [0.717, 1.165) is 0 Å². The molecule has 6 nitrogen and oxygen atoms in total. The van der Waals surface area contributed by atoms with Crippen LogP contribution in [0, 0.1) is 10.1 Å². The molecule has 0 unspecified atom stereocenters. The lowest BCUT2D eigenvalue weighted by Gasteiger charge is -1.99. The number of hydrogen-bond acceptors (Lipinski definition) is 4. The second kappa shape index (κ2) is 4.16. The van der Waals surface area contributed by atoms with Crippen LogP contribution in [0.3, 0.4) is 0 Å². The first-order valence-corrected chi connectivity index (χ1v) is 5.28. The second-order valence-electron chi connectivity index (χ2n) is 3.79. The van der Waals surface area contributed by atoms with Crippen molar-refractivity contribution in [3.05, 3.63) is 52.6 Å². The number of hydrogen-bond donors (Lipinski definition) is 0. The smallest absolute Gasteiger partial charge is 0.390 e. The fourth-order valence-electron chi connectivity index (χ4n) is 1.75. The lowest BCUT2D eigenvalue weighted by molar-refractivity contribution is -0.396. The molecule has 6 heteroatoms. The SMILES string of the molecule is [2H]c1c([2H])c([2H])c(-c2cnc3nc([N+](=O)[O-])n(C)c3c2)c([2H])c1[2H]. The third kappa shape index (κ3) is 1.83. The molecule has 0 atom stereocenters. The summed E-state index contributed by atoms with van der Waals surface area (Å²) in [7, 11) is 1.45. The first-order valence-electron chi connectivity index (χ1n) is 7.78. The van der Waals surface area contributed by atoms with Crippen LogP contribution in [0.1, 0.15) is 6.85 Å². The van der Waals surface area contributed by atoms with E-state index in [4.69, 9.17) is 6.85 Å². The van der Waals surface area contributed by atoms with Gasteiger partial charge in [0.05, 0.1) is 13.9 Å². The number of aryl methyl sites for hydroxylation is 1. The highest BCUT2D eigenvalue weighted by Gasteiger charge is 2.20. The van der Waals surface area contributed by atoms with Crippen molar-refractivity contribution in [2.45, 2.75) is 0 Å². The van der Waals surface area contributed by atoms with E-state index in [-0.39, 0.29) is 28.9 Å². The van der Waals surface area contributed by atoms with E-state index in [2.05, 4.69) is 9.97 Å². The first kappa shape index (κ1) is 6.98. The van der Waals surface area contributed by atoms with Crippen LogP contribution >= 0.6 is 0 Å². The van der Waals surface area contributed by atoms with Crippen LogP contribution in [0.2, 0.25) is 0 Å². The molecule has 3 aromatic rings. The maximum Gasteiger partial charge on any atom is 0.437 e. The zero-order chi connectivity index (χ0) is 17.8. The van der Waals surface area contributed by atoms with Crippen LogP contribution in [0.25, 0.3) is 22.3 Å². The lowest BCUT2D eigenvalue weighted by Crippen LogP contribution is -1.97. The fourth-order valence-corrected chi connectivity index (χ4v) is 1.75.